The largest absolute Gasteiger partial charge is 0.455 e. The lowest BCUT2D eigenvalue weighted by molar-refractivity contribution is 0.0464. The topological polar surface area (TPSA) is 103 Å². The highest BCUT2D eigenvalue weighted by atomic mass is 16.5. The number of H-pyrrole nitrogens is 1. The van der Waals surface area contributed by atoms with Gasteiger partial charge in [-0.1, -0.05) is 18.2 Å². The number of esters is 1. The molecule has 122 valence electrons. The molecular weight excluding hydrogens is 310 g/mol. The number of hydrogen-bond donors (Lipinski definition) is 1. The van der Waals surface area contributed by atoms with Gasteiger partial charge in [-0.25, -0.2) is 14.5 Å². The summed E-state index contributed by atoms with van der Waals surface area (Å²) in [5.41, 5.74) is 1.70. The van der Waals surface area contributed by atoms with Gasteiger partial charge in [-0.05, 0) is 18.6 Å². The van der Waals surface area contributed by atoms with Crippen molar-refractivity contribution < 1.29 is 9.53 Å². The fraction of sp³-hybridized carbons (Fsp3) is 0.188. The normalized spacial score (nSPS) is 10.5. The third-order valence-electron chi connectivity index (χ3n) is 3.38. The van der Waals surface area contributed by atoms with Gasteiger partial charge in [-0.3, -0.25) is 9.89 Å². The van der Waals surface area contributed by atoms with Gasteiger partial charge in [0.15, 0.2) is 0 Å². The van der Waals surface area contributed by atoms with Crippen LogP contribution in [-0.2, 0) is 17.9 Å². The van der Waals surface area contributed by atoms with Crippen LogP contribution >= 0.6 is 0 Å². The molecule has 0 atom stereocenters. The number of aromatic nitrogens is 5. The molecule has 0 unspecified atom stereocenters. The average Bonchev–Trinajstić information content (AvgIpc) is 3.07. The highest BCUT2D eigenvalue weighted by Gasteiger charge is 2.14. The SMILES string of the molecule is Cc1cc(=O)c(COC(=O)c2ccccc2Cn2cncn2)n[nH]1. The van der Waals surface area contributed by atoms with Crippen molar-refractivity contribution in [3.63, 3.8) is 0 Å². The molecule has 3 aromatic rings. The molecule has 0 spiro atoms. The maximum Gasteiger partial charge on any atom is 0.338 e. The van der Waals surface area contributed by atoms with Gasteiger partial charge >= 0.3 is 5.97 Å². The lowest BCUT2D eigenvalue weighted by atomic mass is 10.1. The Kier molecular flexibility index (Phi) is 4.46. The van der Waals surface area contributed by atoms with Crippen molar-refractivity contribution in [1.29, 1.82) is 0 Å². The molecule has 2 heterocycles. The van der Waals surface area contributed by atoms with E-state index in [1.165, 1.54) is 12.4 Å². The van der Waals surface area contributed by atoms with Gasteiger partial charge in [0.25, 0.3) is 0 Å². The summed E-state index contributed by atoms with van der Waals surface area (Å²) in [6, 6.07) is 8.47. The number of ether oxygens (including phenoxy) is 1. The zero-order chi connectivity index (χ0) is 16.9. The number of benzene rings is 1. The van der Waals surface area contributed by atoms with Gasteiger partial charge in [0, 0.05) is 11.8 Å². The van der Waals surface area contributed by atoms with Crippen LogP contribution in [0.2, 0.25) is 0 Å². The summed E-state index contributed by atoms with van der Waals surface area (Å²) in [6.07, 6.45) is 2.99. The van der Waals surface area contributed by atoms with Crippen LogP contribution in [0.3, 0.4) is 0 Å². The molecule has 0 radical (unpaired) electrons. The smallest absolute Gasteiger partial charge is 0.338 e. The Hall–Kier alpha value is -3.29. The number of carbonyl (C=O) groups excluding carboxylic acids is 1. The highest BCUT2D eigenvalue weighted by molar-refractivity contribution is 5.91. The molecule has 0 amide bonds. The van der Waals surface area contributed by atoms with Gasteiger partial charge in [-0.15, -0.1) is 0 Å². The van der Waals surface area contributed by atoms with E-state index in [0.717, 1.165) is 5.56 Å². The second-order valence-corrected chi connectivity index (χ2v) is 5.19. The van der Waals surface area contributed by atoms with Gasteiger partial charge in [0.2, 0.25) is 5.43 Å². The zero-order valence-electron chi connectivity index (χ0n) is 13.0. The van der Waals surface area contributed by atoms with E-state index in [0.29, 0.717) is 17.8 Å². The summed E-state index contributed by atoms with van der Waals surface area (Å²) in [4.78, 5) is 28.0. The monoisotopic (exact) mass is 325 g/mol. The summed E-state index contributed by atoms with van der Waals surface area (Å²) in [6.45, 7) is 1.94. The van der Waals surface area contributed by atoms with E-state index in [4.69, 9.17) is 4.74 Å². The van der Waals surface area contributed by atoms with Crippen LogP contribution in [0.4, 0.5) is 0 Å². The van der Waals surface area contributed by atoms with Crippen molar-refractivity contribution in [3.05, 3.63) is 75.7 Å². The second kappa shape index (κ2) is 6.86. The van der Waals surface area contributed by atoms with Gasteiger partial charge < -0.3 is 4.74 Å². The van der Waals surface area contributed by atoms with Gasteiger partial charge in [-0.2, -0.15) is 10.2 Å². The van der Waals surface area contributed by atoms with Crippen LogP contribution < -0.4 is 5.43 Å². The molecule has 0 fully saturated rings. The van der Waals surface area contributed by atoms with Crippen molar-refractivity contribution in [2.45, 2.75) is 20.1 Å². The van der Waals surface area contributed by atoms with Crippen LogP contribution in [0.25, 0.3) is 0 Å². The molecule has 0 aliphatic carbocycles. The Morgan fingerprint density at radius 3 is 2.92 bits per heavy atom. The number of aromatic amines is 1. The van der Waals surface area contributed by atoms with Crippen LogP contribution in [0, 0.1) is 6.92 Å². The van der Waals surface area contributed by atoms with E-state index in [-0.39, 0.29) is 17.7 Å². The third-order valence-corrected chi connectivity index (χ3v) is 3.38. The molecule has 24 heavy (non-hydrogen) atoms. The number of nitrogens with one attached hydrogen (secondary N) is 1. The Morgan fingerprint density at radius 1 is 1.33 bits per heavy atom. The predicted octanol–water partition coefficient (Wildman–Crippen LogP) is 1.08. The maximum absolute atomic E-state index is 12.3. The van der Waals surface area contributed by atoms with Gasteiger partial charge in [0.1, 0.15) is 25.0 Å². The van der Waals surface area contributed by atoms with Crippen LogP contribution in [0.15, 0.2) is 47.8 Å². The van der Waals surface area contributed by atoms with Crippen LogP contribution in [-0.4, -0.2) is 30.9 Å². The summed E-state index contributed by atoms with van der Waals surface area (Å²) in [5.74, 6) is -0.521. The fourth-order valence-electron chi connectivity index (χ4n) is 2.18. The van der Waals surface area contributed by atoms with E-state index in [2.05, 4.69) is 20.3 Å². The first-order valence-corrected chi connectivity index (χ1v) is 7.26. The van der Waals surface area contributed by atoms with Crippen molar-refractivity contribution in [2.75, 3.05) is 0 Å². The number of rotatable bonds is 5. The quantitative estimate of drug-likeness (QED) is 0.704. The predicted molar refractivity (Wildman–Crippen MR) is 84.3 cm³/mol. The summed E-state index contributed by atoms with van der Waals surface area (Å²) < 4.78 is 6.84. The molecule has 0 bridgehead atoms. The molecule has 8 heteroatoms. The van der Waals surface area contributed by atoms with Crippen molar-refractivity contribution >= 4 is 5.97 Å². The molecule has 0 aliphatic rings. The highest BCUT2D eigenvalue weighted by Crippen LogP contribution is 2.12. The Labute approximate surface area is 137 Å². The minimum absolute atomic E-state index is 0.155. The molecule has 8 nitrogen and oxygen atoms in total. The number of carbonyl (C=O) groups is 1. The maximum atomic E-state index is 12.3. The first-order chi connectivity index (χ1) is 11.6. The van der Waals surface area contributed by atoms with Crippen molar-refractivity contribution in [2.24, 2.45) is 0 Å². The van der Waals surface area contributed by atoms with E-state index in [1.54, 1.807) is 30.1 Å². The van der Waals surface area contributed by atoms with E-state index < -0.39 is 5.97 Å². The lowest BCUT2D eigenvalue weighted by Crippen LogP contribution is -2.17. The van der Waals surface area contributed by atoms with Crippen LogP contribution in [0.5, 0.6) is 0 Å². The van der Waals surface area contributed by atoms with Crippen molar-refractivity contribution in [1.82, 2.24) is 25.0 Å². The van der Waals surface area contributed by atoms with E-state index in [9.17, 15) is 9.59 Å². The molecule has 0 aliphatic heterocycles. The molecular formula is C16H15N5O3. The summed E-state index contributed by atoms with van der Waals surface area (Å²) in [5, 5.41) is 10.6. The molecule has 1 N–H and O–H groups in total. The standard InChI is InChI=1S/C16H15N5O3/c1-11-6-15(22)14(20-19-11)8-24-16(23)13-5-3-2-4-12(13)7-21-10-17-9-18-21/h2-6,9-10H,7-8H2,1H3,(H,19,22). The van der Waals surface area contributed by atoms with E-state index >= 15 is 0 Å². The molecule has 0 saturated heterocycles. The first-order valence-electron chi connectivity index (χ1n) is 7.26. The Morgan fingerprint density at radius 2 is 2.17 bits per heavy atom. The minimum Gasteiger partial charge on any atom is -0.455 e. The third kappa shape index (κ3) is 3.54. The molecule has 0 saturated carbocycles. The molecule has 1 aromatic carbocycles. The summed E-state index contributed by atoms with van der Waals surface area (Å²) in [7, 11) is 0. The average molecular weight is 325 g/mol. The Bertz CT molecular complexity index is 902. The van der Waals surface area contributed by atoms with Crippen LogP contribution in [0.1, 0.15) is 27.3 Å². The first kappa shape index (κ1) is 15.6. The minimum atomic E-state index is -0.521. The number of nitrogens with zero attached hydrogens (tertiary/aromatic N) is 4. The second-order valence-electron chi connectivity index (χ2n) is 5.19. The summed E-state index contributed by atoms with van der Waals surface area (Å²) >= 11 is 0. The molecule has 2 aromatic heterocycles. The number of aryl methyl sites for hydroxylation is 1. The van der Waals surface area contributed by atoms with Gasteiger partial charge in [0.05, 0.1) is 12.1 Å². The van der Waals surface area contributed by atoms with E-state index in [1.807, 2.05) is 12.1 Å². The van der Waals surface area contributed by atoms with Crippen molar-refractivity contribution in [3.8, 4) is 0 Å². The molecule has 3 rings (SSSR count). The zero-order valence-corrected chi connectivity index (χ0v) is 13.0. The fourth-order valence-corrected chi connectivity index (χ4v) is 2.18. The Balaban J connectivity index is 1.74. The lowest BCUT2D eigenvalue weighted by Gasteiger charge is -2.09. The number of hydrogen-bond acceptors (Lipinski definition) is 6.